The number of aromatic nitrogens is 8. The molecule has 0 amide bonds. The number of rotatable bonds is 1. The van der Waals surface area contributed by atoms with Gasteiger partial charge in [0.05, 0.1) is 43.4 Å². The summed E-state index contributed by atoms with van der Waals surface area (Å²) in [5.41, 5.74) is 0. The molecule has 0 atom stereocenters. The minimum absolute atomic E-state index is 0. The largest absolute Gasteiger partial charge is 0.294 e. The van der Waals surface area contributed by atoms with Gasteiger partial charge in [0.2, 0.25) is 16.4 Å². The van der Waals surface area contributed by atoms with Crippen molar-refractivity contribution in [2.45, 2.75) is 7.43 Å². The number of hydrogen-bond acceptors (Lipinski definition) is 10. The van der Waals surface area contributed by atoms with Gasteiger partial charge in [-0.05, 0) is 23.2 Å². The van der Waals surface area contributed by atoms with Crippen molar-refractivity contribution in [2.24, 2.45) is 0 Å². The zero-order chi connectivity index (χ0) is 26.2. The maximum absolute atomic E-state index is 12.2. The molecule has 10 nitrogen and oxygen atoms in total. The summed E-state index contributed by atoms with van der Waals surface area (Å²) in [7, 11) is 0. The summed E-state index contributed by atoms with van der Waals surface area (Å²) in [6, 6.07) is 1.67. The smallest absolute Gasteiger partial charge is 0.232 e. The van der Waals surface area contributed by atoms with E-state index in [1.165, 1.54) is 0 Å². The van der Waals surface area contributed by atoms with E-state index >= 15 is 0 Å². The van der Waals surface area contributed by atoms with Crippen molar-refractivity contribution in [3.8, 4) is 6.07 Å². The van der Waals surface area contributed by atoms with Crippen LogP contribution in [0.15, 0.2) is 43.4 Å². The van der Waals surface area contributed by atoms with Crippen molar-refractivity contribution < 1.29 is 22.4 Å². The standard InChI is InChI=1S/C5H2FN3.C5H3FN2O.C4HCl2FN2.C4H2ClFN2.CH4/c6-4-2-8-5(1-7)9-3-4;6-4-1-7-5(3-9)8-2-4;5-3-2(7)1-8-4(6)9-3;5-4-7-1-3(6)2-8-4;/h2-3H;1-3H;1H;1-2H;1H4. The van der Waals surface area contributed by atoms with Gasteiger partial charge in [-0.25, -0.2) is 57.4 Å². The molecule has 0 spiro atoms. The van der Waals surface area contributed by atoms with Crippen molar-refractivity contribution in [3.05, 3.63) is 94.0 Å². The third-order valence-electron chi connectivity index (χ3n) is 2.73. The van der Waals surface area contributed by atoms with Crippen LogP contribution in [-0.2, 0) is 0 Å². The maximum Gasteiger partial charge on any atom is 0.232 e. The van der Waals surface area contributed by atoms with E-state index in [0.29, 0.717) is 6.29 Å². The Morgan fingerprint density at radius 3 is 1.47 bits per heavy atom. The van der Waals surface area contributed by atoms with Crippen LogP contribution in [0.5, 0.6) is 0 Å². The molecule has 0 fully saturated rings. The Balaban J connectivity index is 0.000000450. The molecule has 0 bridgehead atoms. The van der Waals surface area contributed by atoms with Gasteiger partial charge in [-0.3, -0.25) is 4.79 Å². The average Bonchev–Trinajstić information content (AvgIpc) is 2.86. The van der Waals surface area contributed by atoms with Crippen LogP contribution in [0.2, 0.25) is 15.7 Å². The lowest BCUT2D eigenvalue weighted by atomic mass is 10.6. The number of nitriles is 1. The van der Waals surface area contributed by atoms with Crippen LogP contribution in [0.3, 0.4) is 0 Å². The lowest BCUT2D eigenvalue weighted by molar-refractivity contribution is 0.111. The SMILES string of the molecule is C.Fc1cnc(Cl)nc1.Fc1cnc(Cl)nc1Cl.N#Cc1ncc(F)cn1.O=Cc1ncc(F)cn1. The minimum atomic E-state index is -0.666. The lowest BCUT2D eigenvalue weighted by Gasteiger charge is -1.89. The van der Waals surface area contributed by atoms with Gasteiger partial charge in [-0.15, -0.1) is 0 Å². The van der Waals surface area contributed by atoms with Gasteiger partial charge < -0.3 is 0 Å². The highest BCUT2D eigenvalue weighted by Crippen LogP contribution is 2.11. The fourth-order valence-corrected chi connectivity index (χ4v) is 1.78. The molecule has 0 unspecified atom stereocenters. The summed E-state index contributed by atoms with van der Waals surface area (Å²) in [4.78, 5) is 36.6. The van der Waals surface area contributed by atoms with Crippen molar-refractivity contribution in [2.75, 3.05) is 0 Å². The van der Waals surface area contributed by atoms with Crippen LogP contribution >= 0.6 is 34.8 Å². The molecule has 0 saturated carbocycles. The first-order valence-corrected chi connectivity index (χ1v) is 9.55. The second-order valence-electron chi connectivity index (χ2n) is 5.16. The Labute approximate surface area is 216 Å². The van der Waals surface area contributed by atoms with Crippen LogP contribution in [0.1, 0.15) is 23.9 Å². The highest BCUT2D eigenvalue weighted by atomic mass is 35.5. The van der Waals surface area contributed by atoms with Gasteiger partial charge in [-0.1, -0.05) is 19.0 Å². The topological polar surface area (TPSA) is 144 Å². The van der Waals surface area contributed by atoms with Crippen molar-refractivity contribution >= 4 is 41.1 Å². The summed E-state index contributed by atoms with van der Waals surface area (Å²) in [5, 5.41) is 7.88. The molecular weight excluding hydrogens is 553 g/mol. The predicted octanol–water partition coefficient (Wildman–Crippen LogP) is 4.74. The molecule has 36 heavy (non-hydrogen) atoms. The second-order valence-corrected chi connectivity index (χ2v) is 6.20. The molecule has 188 valence electrons. The Kier molecular flexibility index (Phi) is 15.6. The third-order valence-corrected chi connectivity index (χ3v) is 3.37. The molecular formula is C19H12Cl3F4N9O. The summed E-state index contributed by atoms with van der Waals surface area (Å²) in [5.74, 6) is -2.24. The first kappa shape index (κ1) is 32.1. The van der Waals surface area contributed by atoms with Gasteiger partial charge in [-0.2, -0.15) is 5.26 Å². The van der Waals surface area contributed by atoms with Crippen LogP contribution in [0.4, 0.5) is 17.6 Å². The zero-order valence-electron chi connectivity index (χ0n) is 16.7. The van der Waals surface area contributed by atoms with E-state index in [1.54, 1.807) is 6.07 Å². The third kappa shape index (κ3) is 13.7. The first-order chi connectivity index (χ1) is 16.6. The van der Waals surface area contributed by atoms with Gasteiger partial charge >= 0.3 is 0 Å². The molecule has 17 heteroatoms. The van der Waals surface area contributed by atoms with Gasteiger partial charge in [0.15, 0.2) is 40.5 Å². The fraction of sp³-hybridized carbons (Fsp3) is 0.0526. The highest BCUT2D eigenvalue weighted by Gasteiger charge is 2.00. The predicted molar refractivity (Wildman–Crippen MR) is 120 cm³/mol. The Morgan fingerprint density at radius 2 is 1.11 bits per heavy atom. The molecule has 0 aliphatic carbocycles. The number of carbonyl (C=O) groups excluding carboxylic acids is 1. The van der Waals surface area contributed by atoms with E-state index in [9.17, 15) is 22.4 Å². The molecule has 4 aromatic rings. The van der Waals surface area contributed by atoms with Gasteiger partial charge in [0, 0.05) is 0 Å². The van der Waals surface area contributed by atoms with Gasteiger partial charge in [0.1, 0.15) is 6.07 Å². The molecule has 0 aromatic carbocycles. The van der Waals surface area contributed by atoms with E-state index in [2.05, 4.69) is 39.9 Å². The summed E-state index contributed by atoms with van der Waals surface area (Å²) < 4.78 is 48.1. The van der Waals surface area contributed by atoms with Crippen LogP contribution < -0.4 is 0 Å². The molecule has 0 N–H and O–H groups in total. The first-order valence-electron chi connectivity index (χ1n) is 8.41. The zero-order valence-corrected chi connectivity index (χ0v) is 19.0. The Hall–Kier alpha value is -3.93. The second kappa shape index (κ2) is 17.5. The number of nitrogens with zero attached hydrogens (tertiary/aromatic N) is 9. The molecule has 0 aliphatic heterocycles. The van der Waals surface area contributed by atoms with Crippen molar-refractivity contribution in [1.29, 1.82) is 5.26 Å². The van der Waals surface area contributed by atoms with E-state index in [4.69, 9.17) is 40.1 Å². The van der Waals surface area contributed by atoms with E-state index < -0.39 is 23.3 Å². The molecule has 0 aliphatic rings. The molecule has 4 rings (SSSR count). The molecule has 0 saturated heterocycles. The quantitative estimate of drug-likeness (QED) is 0.137. The monoisotopic (exact) mass is 563 g/mol. The van der Waals surface area contributed by atoms with E-state index in [0.717, 1.165) is 43.4 Å². The van der Waals surface area contributed by atoms with Crippen molar-refractivity contribution in [3.63, 3.8) is 0 Å². The molecule has 4 aromatic heterocycles. The fourth-order valence-electron chi connectivity index (χ4n) is 1.38. The normalized spacial score (nSPS) is 8.83. The number of hydrogen-bond donors (Lipinski definition) is 0. The summed E-state index contributed by atoms with van der Waals surface area (Å²) in [6.07, 6.45) is 7.17. The number of aldehydes is 1. The Morgan fingerprint density at radius 1 is 0.694 bits per heavy atom. The van der Waals surface area contributed by atoms with Crippen LogP contribution in [0.25, 0.3) is 0 Å². The molecule has 4 heterocycles. The highest BCUT2D eigenvalue weighted by molar-refractivity contribution is 6.31. The van der Waals surface area contributed by atoms with Crippen molar-refractivity contribution in [1.82, 2.24) is 39.9 Å². The maximum atomic E-state index is 12.2. The molecule has 0 radical (unpaired) electrons. The van der Waals surface area contributed by atoms with Crippen LogP contribution in [0, 0.1) is 34.6 Å². The van der Waals surface area contributed by atoms with Gasteiger partial charge in [0.25, 0.3) is 0 Å². The minimum Gasteiger partial charge on any atom is -0.294 e. The van der Waals surface area contributed by atoms with E-state index in [-0.39, 0.29) is 34.8 Å². The summed E-state index contributed by atoms with van der Waals surface area (Å²) in [6.45, 7) is 0. The number of carbonyl (C=O) groups is 1. The number of halogens is 7. The average molecular weight is 565 g/mol. The summed E-state index contributed by atoms with van der Waals surface area (Å²) >= 11 is 15.7. The lowest BCUT2D eigenvalue weighted by Crippen LogP contribution is -1.91. The van der Waals surface area contributed by atoms with E-state index in [1.807, 2.05) is 0 Å². The Bertz CT molecular complexity index is 1230. The van der Waals surface area contributed by atoms with Crippen LogP contribution in [-0.4, -0.2) is 46.2 Å².